The Kier molecular flexibility index (Phi) is 3.86. The van der Waals surface area contributed by atoms with Gasteiger partial charge in [-0.2, -0.15) is 5.26 Å². The molecule has 0 radical (unpaired) electrons. The average Bonchev–Trinajstić information content (AvgIpc) is 2.65. The summed E-state index contributed by atoms with van der Waals surface area (Å²) in [5.74, 6) is -0.438. The highest BCUT2D eigenvalue weighted by Gasteiger charge is 2.49. The van der Waals surface area contributed by atoms with Gasteiger partial charge < -0.3 is 5.11 Å². The molecule has 1 aliphatic carbocycles. The summed E-state index contributed by atoms with van der Waals surface area (Å²) in [6.45, 7) is 1.63. The Morgan fingerprint density at radius 3 is 2.42 bits per heavy atom. The third-order valence-electron chi connectivity index (χ3n) is 4.33. The third kappa shape index (κ3) is 2.48. The maximum atomic E-state index is 13.0. The highest BCUT2D eigenvalue weighted by molar-refractivity contribution is 5.22. The molecule has 19 heavy (non-hydrogen) atoms. The summed E-state index contributed by atoms with van der Waals surface area (Å²) in [4.78, 5) is 3.97. The monoisotopic (exact) mass is 262 g/mol. The van der Waals surface area contributed by atoms with Crippen molar-refractivity contribution in [3.05, 3.63) is 29.8 Å². The van der Waals surface area contributed by atoms with Crippen LogP contribution in [0.2, 0.25) is 0 Å². The summed E-state index contributed by atoms with van der Waals surface area (Å²) >= 11 is 0. The van der Waals surface area contributed by atoms with Crippen molar-refractivity contribution in [1.82, 2.24) is 4.98 Å². The van der Waals surface area contributed by atoms with Crippen LogP contribution in [0.15, 0.2) is 18.3 Å². The lowest BCUT2D eigenvalue weighted by Gasteiger charge is -2.39. The van der Waals surface area contributed by atoms with Crippen molar-refractivity contribution in [2.45, 2.75) is 51.0 Å². The molecule has 0 aromatic carbocycles. The normalized spacial score (nSPS) is 22.0. The Morgan fingerprint density at radius 2 is 1.95 bits per heavy atom. The molecule has 1 aromatic rings. The smallest absolute Gasteiger partial charge is 0.141 e. The molecule has 0 spiro atoms. The molecule has 1 fully saturated rings. The molecule has 1 aromatic heterocycles. The van der Waals surface area contributed by atoms with Gasteiger partial charge in [-0.3, -0.25) is 4.98 Å². The van der Waals surface area contributed by atoms with E-state index in [-0.39, 0.29) is 0 Å². The maximum Gasteiger partial charge on any atom is 0.141 e. The lowest BCUT2D eigenvalue weighted by molar-refractivity contribution is -0.0569. The zero-order valence-corrected chi connectivity index (χ0v) is 11.2. The lowest BCUT2D eigenvalue weighted by Crippen LogP contribution is -2.43. The Balaban J connectivity index is 2.39. The average molecular weight is 262 g/mol. The fourth-order valence-corrected chi connectivity index (χ4v) is 2.95. The van der Waals surface area contributed by atoms with E-state index in [1.54, 1.807) is 6.92 Å². The molecule has 0 saturated heterocycles. The fraction of sp³-hybridized carbons (Fsp3) is 0.600. The number of hydrogen-bond donors (Lipinski definition) is 1. The van der Waals surface area contributed by atoms with E-state index in [1.807, 2.05) is 0 Å². The Bertz CT molecular complexity index is 468. The van der Waals surface area contributed by atoms with Crippen molar-refractivity contribution in [3.8, 4) is 6.07 Å². The second-order valence-corrected chi connectivity index (χ2v) is 5.54. The zero-order valence-electron chi connectivity index (χ0n) is 11.2. The predicted molar refractivity (Wildman–Crippen MR) is 69.5 cm³/mol. The topological polar surface area (TPSA) is 56.9 Å². The van der Waals surface area contributed by atoms with E-state index in [1.165, 1.54) is 12.1 Å². The second-order valence-electron chi connectivity index (χ2n) is 5.54. The van der Waals surface area contributed by atoms with Gasteiger partial charge in [0.15, 0.2) is 0 Å². The Labute approximate surface area is 113 Å². The van der Waals surface area contributed by atoms with E-state index in [9.17, 15) is 14.8 Å². The number of rotatable bonds is 2. The van der Waals surface area contributed by atoms with Gasteiger partial charge in [-0.1, -0.05) is 25.7 Å². The molecule has 102 valence electrons. The first kappa shape index (κ1) is 14.0. The van der Waals surface area contributed by atoms with Gasteiger partial charge in [0.05, 0.1) is 23.4 Å². The van der Waals surface area contributed by atoms with E-state index in [2.05, 4.69) is 11.1 Å². The summed E-state index contributed by atoms with van der Waals surface area (Å²) in [5.41, 5.74) is -1.80. The van der Waals surface area contributed by atoms with Crippen molar-refractivity contribution in [3.63, 3.8) is 0 Å². The molecule has 0 aliphatic heterocycles. The summed E-state index contributed by atoms with van der Waals surface area (Å²) in [7, 11) is 0. The van der Waals surface area contributed by atoms with E-state index in [0.29, 0.717) is 18.5 Å². The number of pyridine rings is 1. The maximum absolute atomic E-state index is 13.0. The summed E-state index contributed by atoms with van der Waals surface area (Å²) < 4.78 is 13.0. The van der Waals surface area contributed by atoms with Crippen molar-refractivity contribution >= 4 is 0 Å². The molecule has 1 atom stereocenters. The molecule has 1 N–H and O–H groups in total. The summed E-state index contributed by atoms with van der Waals surface area (Å²) in [6.07, 6.45) is 6.47. The first-order valence-corrected chi connectivity index (χ1v) is 6.77. The number of halogens is 1. The van der Waals surface area contributed by atoms with Crippen molar-refractivity contribution in [2.75, 3.05) is 0 Å². The number of aliphatic hydroxyl groups is 1. The number of nitrogens with zero attached hydrogens (tertiary/aromatic N) is 2. The van der Waals surface area contributed by atoms with Crippen molar-refractivity contribution in [1.29, 1.82) is 5.26 Å². The lowest BCUT2D eigenvalue weighted by atomic mass is 9.67. The molecule has 1 unspecified atom stereocenters. The highest BCUT2D eigenvalue weighted by atomic mass is 19.1. The highest BCUT2D eigenvalue weighted by Crippen LogP contribution is 2.47. The van der Waals surface area contributed by atoms with Gasteiger partial charge in [-0.05, 0) is 31.9 Å². The van der Waals surface area contributed by atoms with Crippen molar-refractivity contribution < 1.29 is 9.50 Å². The molecule has 1 heterocycles. The van der Waals surface area contributed by atoms with Crippen LogP contribution in [-0.4, -0.2) is 10.1 Å². The molecule has 1 aliphatic rings. The Morgan fingerprint density at radius 1 is 1.32 bits per heavy atom. The summed E-state index contributed by atoms with van der Waals surface area (Å²) in [6, 6.07) is 5.07. The first-order valence-electron chi connectivity index (χ1n) is 6.77. The predicted octanol–water partition coefficient (Wildman–Crippen LogP) is 3.29. The van der Waals surface area contributed by atoms with E-state index in [0.717, 1.165) is 31.9 Å². The first-order chi connectivity index (χ1) is 9.02. The minimum absolute atomic E-state index is 0.373. The molecule has 4 heteroatoms. The van der Waals surface area contributed by atoms with Crippen LogP contribution in [0.25, 0.3) is 0 Å². The van der Waals surface area contributed by atoms with Crippen LogP contribution < -0.4 is 0 Å². The van der Waals surface area contributed by atoms with Gasteiger partial charge in [0.2, 0.25) is 0 Å². The molecule has 2 rings (SSSR count). The van der Waals surface area contributed by atoms with Crippen molar-refractivity contribution in [2.24, 2.45) is 5.41 Å². The van der Waals surface area contributed by atoms with Crippen LogP contribution >= 0.6 is 0 Å². The molecular weight excluding hydrogens is 243 g/mol. The quantitative estimate of drug-likeness (QED) is 0.832. The van der Waals surface area contributed by atoms with E-state index < -0.39 is 16.8 Å². The van der Waals surface area contributed by atoms with Crippen LogP contribution in [0.3, 0.4) is 0 Å². The van der Waals surface area contributed by atoms with Crippen LogP contribution in [-0.2, 0) is 5.60 Å². The van der Waals surface area contributed by atoms with Gasteiger partial charge in [0, 0.05) is 0 Å². The SMILES string of the molecule is CC(O)(c1ccc(F)cn1)C1(C#N)CCCCCC1. The van der Waals surface area contributed by atoms with E-state index >= 15 is 0 Å². The molecule has 1 saturated carbocycles. The minimum atomic E-state index is -1.35. The van der Waals surface area contributed by atoms with Gasteiger partial charge in [0.1, 0.15) is 11.4 Å². The standard InChI is InChI=1S/C15H19FN2O/c1-14(19,13-7-6-12(16)10-18-13)15(11-17)8-4-2-3-5-9-15/h6-7,10,19H,2-5,8-9H2,1H3. The minimum Gasteiger partial charge on any atom is -0.382 e. The van der Waals surface area contributed by atoms with Gasteiger partial charge >= 0.3 is 0 Å². The number of nitriles is 1. The molecule has 0 amide bonds. The largest absolute Gasteiger partial charge is 0.382 e. The van der Waals surface area contributed by atoms with Gasteiger partial charge in [-0.15, -0.1) is 0 Å². The zero-order chi connectivity index (χ0) is 13.9. The van der Waals surface area contributed by atoms with Crippen LogP contribution in [0, 0.1) is 22.6 Å². The second kappa shape index (κ2) is 5.26. The number of hydrogen-bond acceptors (Lipinski definition) is 3. The third-order valence-corrected chi connectivity index (χ3v) is 4.33. The molecular formula is C15H19FN2O. The molecule has 0 bridgehead atoms. The Hall–Kier alpha value is -1.47. The molecule has 3 nitrogen and oxygen atoms in total. The van der Waals surface area contributed by atoms with Crippen LogP contribution in [0.1, 0.15) is 51.1 Å². The fourth-order valence-electron chi connectivity index (χ4n) is 2.95. The van der Waals surface area contributed by atoms with Crippen LogP contribution in [0.4, 0.5) is 4.39 Å². The van der Waals surface area contributed by atoms with Gasteiger partial charge in [0.25, 0.3) is 0 Å². The van der Waals surface area contributed by atoms with E-state index in [4.69, 9.17) is 0 Å². The summed E-state index contributed by atoms with van der Waals surface area (Å²) in [5, 5.41) is 20.5. The number of aromatic nitrogens is 1. The van der Waals surface area contributed by atoms with Gasteiger partial charge in [-0.25, -0.2) is 4.39 Å². The van der Waals surface area contributed by atoms with Crippen LogP contribution in [0.5, 0.6) is 0 Å².